The molecule has 2 aromatic rings. The summed E-state index contributed by atoms with van der Waals surface area (Å²) < 4.78 is 11.0. The van der Waals surface area contributed by atoms with Crippen molar-refractivity contribution in [3.8, 4) is 11.5 Å². The van der Waals surface area contributed by atoms with Gasteiger partial charge in [0.15, 0.2) is 0 Å². The van der Waals surface area contributed by atoms with Crippen molar-refractivity contribution >= 4 is 17.3 Å². The van der Waals surface area contributed by atoms with Crippen LogP contribution in [0.25, 0.3) is 0 Å². The minimum atomic E-state index is 0.422. The zero-order valence-corrected chi connectivity index (χ0v) is 11.7. The Balaban J connectivity index is 2.13. The van der Waals surface area contributed by atoms with Crippen LogP contribution >= 0.6 is 11.6 Å². The molecule has 0 fully saturated rings. The number of ether oxygens (including phenoxy) is 2. The number of rotatable bonds is 4. The fraction of sp³-hybridized carbons (Fsp3) is 0.200. The Kier molecular flexibility index (Phi) is 4.17. The van der Waals surface area contributed by atoms with Gasteiger partial charge in [0.2, 0.25) is 0 Å². The lowest BCUT2D eigenvalue weighted by Gasteiger charge is -2.11. The van der Waals surface area contributed by atoms with Gasteiger partial charge in [0.1, 0.15) is 18.1 Å². The number of benzene rings is 2. The van der Waals surface area contributed by atoms with E-state index >= 15 is 0 Å². The van der Waals surface area contributed by atoms with Crippen molar-refractivity contribution in [3.63, 3.8) is 0 Å². The van der Waals surface area contributed by atoms with Crippen LogP contribution in [-0.4, -0.2) is 7.11 Å². The number of hydrogen-bond donors (Lipinski definition) is 1. The second kappa shape index (κ2) is 5.85. The summed E-state index contributed by atoms with van der Waals surface area (Å²) >= 11 is 5.95. The van der Waals surface area contributed by atoms with Gasteiger partial charge in [-0.15, -0.1) is 0 Å². The largest absolute Gasteiger partial charge is 0.496 e. The average Bonchev–Trinajstić information content (AvgIpc) is 2.40. The van der Waals surface area contributed by atoms with Crippen LogP contribution in [-0.2, 0) is 6.61 Å². The summed E-state index contributed by atoms with van der Waals surface area (Å²) in [4.78, 5) is 0. The zero-order chi connectivity index (χ0) is 13.8. The SMILES string of the molecule is COc1ccc(C)cc1COc1ccc(N)c(Cl)c1. The molecular weight excluding hydrogens is 262 g/mol. The van der Waals surface area contributed by atoms with E-state index in [0.717, 1.165) is 16.9 Å². The number of anilines is 1. The molecule has 0 radical (unpaired) electrons. The molecule has 0 amide bonds. The topological polar surface area (TPSA) is 44.5 Å². The first-order chi connectivity index (χ1) is 9.10. The number of nitrogen functional groups attached to an aromatic ring is 1. The Morgan fingerprint density at radius 1 is 1.16 bits per heavy atom. The maximum Gasteiger partial charge on any atom is 0.125 e. The standard InChI is InChI=1S/C15H16ClNO2/c1-10-3-6-15(18-2)11(7-10)9-19-12-4-5-14(17)13(16)8-12/h3-8H,9,17H2,1-2H3. The summed E-state index contributed by atoms with van der Waals surface area (Å²) in [6, 6.07) is 11.2. The predicted octanol–water partition coefficient (Wildman–Crippen LogP) is 3.82. The minimum absolute atomic E-state index is 0.422. The summed E-state index contributed by atoms with van der Waals surface area (Å²) in [5.74, 6) is 1.50. The van der Waals surface area contributed by atoms with Crippen molar-refractivity contribution in [1.29, 1.82) is 0 Å². The van der Waals surface area contributed by atoms with E-state index in [1.165, 1.54) is 0 Å². The van der Waals surface area contributed by atoms with Gasteiger partial charge in [0.05, 0.1) is 17.8 Å². The summed E-state index contributed by atoms with van der Waals surface area (Å²) in [6.07, 6.45) is 0. The zero-order valence-electron chi connectivity index (χ0n) is 10.9. The first-order valence-electron chi connectivity index (χ1n) is 5.91. The molecule has 0 aliphatic rings. The van der Waals surface area contributed by atoms with Crippen molar-refractivity contribution in [2.75, 3.05) is 12.8 Å². The van der Waals surface area contributed by atoms with Crippen molar-refractivity contribution in [2.24, 2.45) is 0 Å². The number of methoxy groups -OCH3 is 1. The highest BCUT2D eigenvalue weighted by molar-refractivity contribution is 6.33. The van der Waals surface area contributed by atoms with Gasteiger partial charge in [-0.25, -0.2) is 0 Å². The number of halogens is 1. The van der Waals surface area contributed by atoms with Gasteiger partial charge in [-0.05, 0) is 31.2 Å². The third-order valence-corrected chi connectivity index (χ3v) is 3.13. The molecule has 100 valence electrons. The van der Waals surface area contributed by atoms with Crippen LogP contribution in [0.5, 0.6) is 11.5 Å². The molecule has 4 heteroatoms. The maximum atomic E-state index is 5.95. The highest BCUT2D eigenvalue weighted by Crippen LogP contribution is 2.26. The van der Waals surface area contributed by atoms with Gasteiger partial charge >= 0.3 is 0 Å². The molecule has 0 aliphatic carbocycles. The molecule has 0 saturated heterocycles. The van der Waals surface area contributed by atoms with Crippen LogP contribution in [0.2, 0.25) is 5.02 Å². The molecule has 2 aromatic carbocycles. The molecule has 0 heterocycles. The first-order valence-corrected chi connectivity index (χ1v) is 6.29. The van der Waals surface area contributed by atoms with Crippen molar-refractivity contribution in [2.45, 2.75) is 13.5 Å². The van der Waals surface area contributed by atoms with Crippen molar-refractivity contribution in [3.05, 3.63) is 52.5 Å². The maximum absolute atomic E-state index is 5.95. The molecule has 3 nitrogen and oxygen atoms in total. The van der Waals surface area contributed by atoms with E-state index in [1.54, 1.807) is 25.3 Å². The normalized spacial score (nSPS) is 10.3. The molecule has 2 N–H and O–H groups in total. The third-order valence-electron chi connectivity index (χ3n) is 2.80. The highest BCUT2D eigenvalue weighted by Gasteiger charge is 2.05. The summed E-state index contributed by atoms with van der Waals surface area (Å²) in [6.45, 7) is 2.45. The Morgan fingerprint density at radius 3 is 2.63 bits per heavy atom. The second-order valence-corrected chi connectivity index (χ2v) is 4.69. The molecule has 0 atom stereocenters. The van der Waals surface area contributed by atoms with Crippen LogP contribution in [0.4, 0.5) is 5.69 Å². The Bertz CT molecular complexity index is 584. The summed E-state index contributed by atoms with van der Waals surface area (Å²) in [7, 11) is 1.65. The van der Waals surface area contributed by atoms with E-state index in [4.69, 9.17) is 26.8 Å². The van der Waals surface area contributed by atoms with Gasteiger partial charge in [0.25, 0.3) is 0 Å². The monoisotopic (exact) mass is 277 g/mol. The minimum Gasteiger partial charge on any atom is -0.496 e. The molecule has 0 unspecified atom stereocenters. The molecule has 19 heavy (non-hydrogen) atoms. The van der Waals surface area contributed by atoms with E-state index in [9.17, 15) is 0 Å². The third kappa shape index (κ3) is 3.32. The molecular formula is C15H16ClNO2. The van der Waals surface area contributed by atoms with Crippen molar-refractivity contribution in [1.82, 2.24) is 0 Å². The fourth-order valence-electron chi connectivity index (χ4n) is 1.78. The Morgan fingerprint density at radius 2 is 1.95 bits per heavy atom. The molecule has 0 aromatic heterocycles. The van der Waals surface area contributed by atoms with Gasteiger partial charge in [-0.3, -0.25) is 0 Å². The lowest BCUT2D eigenvalue weighted by molar-refractivity contribution is 0.296. The molecule has 0 aliphatic heterocycles. The van der Waals surface area contributed by atoms with Crippen LogP contribution in [0.3, 0.4) is 0 Å². The van der Waals surface area contributed by atoms with Crippen LogP contribution in [0.1, 0.15) is 11.1 Å². The molecule has 0 saturated carbocycles. The Labute approximate surface area is 117 Å². The van der Waals surface area contributed by atoms with Gasteiger partial charge in [-0.2, -0.15) is 0 Å². The van der Waals surface area contributed by atoms with E-state index in [2.05, 4.69) is 0 Å². The smallest absolute Gasteiger partial charge is 0.125 e. The van der Waals surface area contributed by atoms with E-state index in [-0.39, 0.29) is 0 Å². The van der Waals surface area contributed by atoms with Crippen LogP contribution in [0.15, 0.2) is 36.4 Å². The predicted molar refractivity (Wildman–Crippen MR) is 77.9 cm³/mol. The lowest BCUT2D eigenvalue weighted by Crippen LogP contribution is -1.99. The van der Waals surface area contributed by atoms with E-state index in [0.29, 0.717) is 23.1 Å². The highest BCUT2D eigenvalue weighted by atomic mass is 35.5. The number of aryl methyl sites for hydroxylation is 1. The van der Waals surface area contributed by atoms with E-state index < -0.39 is 0 Å². The molecule has 2 rings (SSSR count). The Hall–Kier alpha value is -1.87. The summed E-state index contributed by atoms with van der Waals surface area (Å²) in [5, 5.41) is 0.494. The van der Waals surface area contributed by atoms with Gasteiger partial charge in [0, 0.05) is 11.6 Å². The summed E-state index contributed by atoms with van der Waals surface area (Å²) in [5.41, 5.74) is 8.36. The van der Waals surface area contributed by atoms with Crippen LogP contribution in [0, 0.1) is 6.92 Å². The van der Waals surface area contributed by atoms with Crippen LogP contribution < -0.4 is 15.2 Å². The number of nitrogens with two attached hydrogens (primary N) is 1. The quantitative estimate of drug-likeness (QED) is 0.864. The molecule has 0 bridgehead atoms. The van der Waals surface area contributed by atoms with E-state index in [1.807, 2.05) is 25.1 Å². The van der Waals surface area contributed by atoms with Gasteiger partial charge < -0.3 is 15.2 Å². The molecule has 0 spiro atoms. The van der Waals surface area contributed by atoms with Gasteiger partial charge in [-0.1, -0.05) is 23.2 Å². The second-order valence-electron chi connectivity index (χ2n) is 4.29. The number of hydrogen-bond acceptors (Lipinski definition) is 3. The fourth-order valence-corrected chi connectivity index (χ4v) is 1.95. The average molecular weight is 278 g/mol. The first kappa shape index (κ1) is 13.6. The van der Waals surface area contributed by atoms with Crippen molar-refractivity contribution < 1.29 is 9.47 Å². The lowest BCUT2D eigenvalue weighted by atomic mass is 10.1.